The minimum Gasteiger partial charge on any atom is -0.384 e. The molecule has 1 unspecified atom stereocenters. The van der Waals surface area contributed by atoms with Gasteiger partial charge in [-0.05, 0) is 49.2 Å². The number of H-pyrrole nitrogens is 1. The van der Waals surface area contributed by atoms with E-state index < -0.39 is 0 Å². The summed E-state index contributed by atoms with van der Waals surface area (Å²) < 4.78 is 0. The molecule has 1 aliphatic carbocycles. The number of aromatic nitrogens is 2. The van der Waals surface area contributed by atoms with Crippen molar-refractivity contribution in [2.24, 2.45) is 0 Å². The van der Waals surface area contributed by atoms with Crippen molar-refractivity contribution >= 4 is 22.4 Å². The van der Waals surface area contributed by atoms with Gasteiger partial charge in [0.15, 0.2) is 0 Å². The third-order valence-corrected chi connectivity index (χ3v) is 5.88. The average molecular weight is 333 g/mol. The Balaban J connectivity index is 1.47. The first kappa shape index (κ1) is 14.8. The molecule has 3 atom stereocenters. The highest BCUT2D eigenvalue weighted by atomic mass is 15.2. The fraction of sp³-hybridized carbons (Fsp3) is 0.350. The zero-order valence-electron chi connectivity index (χ0n) is 14.4. The molecule has 1 aliphatic heterocycles. The molecule has 0 bridgehead atoms. The first-order valence-corrected chi connectivity index (χ1v) is 8.96. The predicted octanol–water partition coefficient (Wildman–Crippen LogP) is 2.97. The summed E-state index contributed by atoms with van der Waals surface area (Å²) in [6.45, 7) is 1.04. The largest absolute Gasteiger partial charge is 0.384 e. The summed E-state index contributed by atoms with van der Waals surface area (Å²) in [6, 6.07) is 11.5. The molecule has 0 amide bonds. The lowest BCUT2D eigenvalue weighted by atomic mass is 9.74. The Hall–Kier alpha value is -2.53. The Morgan fingerprint density at radius 2 is 2.20 bits per heavy atom. The van der Waals surface area contributed by atoms with Gasteiger partial charge in [-0.25, -0.2) is 4.98 Å². The van der Waals surface area contributed by atoms with Gasteiger partial charge in [0.05, 0.1) is 11.9 Å². The van der Waals surface area contributed by atoms with Crippen LogP contribution in [0.25, 0.3) is 10.9 Å². The number of aromatic amines is 1. The Bertz CT molecular complexity index is 913. The number of nitrogens with zero attached hydrogens (tertiary/aromatic N) is 2. The first-order chi connectivity index (χ1) is 12.2. The van der Waals surface area contributed by atoms with Crippen LogP contribution in [0.1, 0.15) is 23.5 Å². The third-order valence-electron chi connectivity index (χ3n) is 5.88. The highest BCUT2D eigenvalue weighted by molar-refractivity contribution is 5.88. The van der Waals surface area contributed by atoms with Gasteiger partial charge in [-0.3, -0.25) is 0 Å². The van der Waals surface area contributed by atoms with Crippen molar-refractivity contribution in [2.75, 3.05) is 24.6 Å². The van der Waals surface area contributed by atoms with Crippen LogP contribution in [0.2, 0.25) is 0 Å². The third kappa shape index (κ3) is 2.38. The van der Waals surface area contributed by atoms with Gasteiger partial charge >= 0.3 is 0 Å². The van der Waals surface area contributed by atoms with E-state index in [9.17, 15) is 0 Å². The smallest absolute Gasteiger partial charge is 0.123 e. The number of rotatable bonds is 2. The average Bonchev–Trinajstić information content (AvgIpc) is 3.03. The second-order valence-electron chi connectivity index (χ2n) is 7.45. The molecule has 4 N–H and O–H groups in total. The molecule has 5 heteroatoms. The molecule has 2 aromatic heterocycles. The van der Waals surface area contributed by atoms with Crippen LogP contribution >= 0.6 is 0 Å². The summed E-state index contributed by atoms with van der Waals surface area (Å²) in [4.78, 5) is 10.2. The van der Waals surface area contributed by atoms with Crippen molar-refractivity contribution < 1.29 is 0 Å². The number of likely N-dealkylation sites (tertiary alicyclic amines) is 1. The van der Waals surface area contributed by atoms with Gasteiger partial charge < -0.3 is 20.9 Å². The molecule has 1 fully saturated rings. The lowest BCUT2D eigenvalue weighted by molar-refractivity contribution is 0.147. The number of fused-ring (bicyclic) bond motifs is 2. The van der Waals surface area contributed by atoms with Gasteiger partial charge in [-0.1, -0.05) is 12.1 Å². The second-order valence-corrected chi connectivity index (χ2v) is 7.45. The van der Waals surface area contributed by atoms with Gasteiger partial charge in [-0.2, -0.15) is 0 Å². The van der Waals surface area contributed by atoms with E-state index in [1.54, 1.807) is 0 Å². The molecular weight excluding hydrogens is 310 g/mol. The predicted molar refractivity (Wildman–Crippen MR) is 102 cm³/mol. The SMILES string of the molecule is CN1C[C@@H](Nc2ccc(N)nc2)CC2c3cccc4[nH]cc(c34)C[C@H]21. The Labute approximate surface area is 147 Å². The van der Waals surface area contributed by atoms with Gasteiger partial charge in [0, 0.05) is 41.6 Å². The molecule has 3 heterocycles. The van der Waals surface area contributed by atoms with Gasteiger partial charge in [0.2, 0.25) is 0 Å². The van der Waals surface area contributed by atoms with E-state index >= 15 is 0 Å². The number of nitrogens with two attached hydrogens (primary N) is 1. The molecule has 1 saturated heterocycles. The van der Waals surface area contributed by atoms with Gasteiger partial charge in [0.1, 0.15) is 5.82 Å². The molecular formula is C20H23N5. The highest BCUT2D eigenvalue weighted by Gasteiger charge is 2.39. The van der Waals surface area contributed by atoms with Crippen molar-refractivity contribution in [2.45, 2.75) is 30.8 Å². The maximum absolute atomic E-state index is 5.70. The van der Waals surface area contributed by atoms with E-state index in [1.807, 2.05) is 18.3 Å². The van der Waals surface area contributed by atoms with E-state index in [0.29, 0.717) is 23.8 Å². The zero-order valence-corrected chi connectivity index (χ0v) is 14.4. The molecule has 5 nitrogen and oxygen atoms in total. The lowest BCUT2D eigenvalue weighted by Crippen LogP contribution is -2.51. The maximum Gasteiger partial charge on any atom is 0.123 e. The van der Waals surface area contributed by atoms with Crippen LogP contribution < -0.4 is 11.1 Å². The van der Waals surface area contributed by atoms with Gasteiger partial charge in [-0.15, -0.1) is 0 Å². The molecule has 128 valence electrons. The molecule has 0 radical (unpaired) electrons. The molecule has 0 saturated carbocycles. The van der Waals surface area contributed by atoms with Crippen LogP contribution in [0.15, 0.2) is 42.7 Å². The summed E-state index contributed by atoms with van der Waals surface area (Å²) in [5.74, 6) is 1.12. The topological polar surface area (TPSA) is 70.0 Å². The number of hydrogen-bond donors (Lipinski definition) is 3. The van der Waals surface area contributed by atoms with Crippen molar-refractivity contribution in [3.8, 4) is 0 Å². The zero-order chi connectivity index (χ0) is 17.0. The number of nitrogens with one attached hydrogen (secondary N) is 2. The number of likely N-dealkylation sites (N-methyl/N-ethyl adjacent to an activating group) is 1. The normalized spacial score (nSPS) is 25.7. The second kappa shape index (κ2) is 5.49. The van der Waals surface area contributed by atoms with Crippen LogP contribution in [0.3, 0.4) is 0 Å². The van der Waals surface area contributed by atoms with E-state index in [1.165, 1.54) is 22.0 Å². The summed E-state index contributed by atoms with van der Waals surface area (Å²) in [5, 5.41) is 5.10. The van der Waals surface area contributed by atoms with E-state index in [-0.39, 0.29) is 0 Å². The minimum absolute atomic E-state index is 0.410. The number of nitrogen functional groups attached to an aromatic ring is 1. The minimum atomic E-state index is 0.410. The molecule has 5 rings (SSSR count). The van der Waals surface area contributed by atoms with Crippen LogP contribution in [0.5, 0.6) is 0 Å². The van der Waals surface area contributed by atoms with Crippen molar-refractivity contribution in [3.05, 3.63) is 53.9 Å². The van der Waals surface area contributed by atoms with Crippen LogP contribution in [0.4, 0.5) is 11.5 Å². The number of piperidine rings is 1. The molecule has 0 spiro atoms. The van der Waals surface area contributed by atoms with E-state index in [2.05, 4.69) is 51.6 Å². The highest BCUT2D eigenvalue weighted by Crippen LogP contribution is 2.43. The van der Waals surface area contributed by atoms with Crippen LogP contribution in [-0.4, -0.2) is 40.5 Å². The number of pyridine rings is 1. The number of benzene rings is 1. The standard InChI is InChI=1S/C20H23N5/c1-25-11-14(24-13-5-6-19(21)23-10-13)8-16-15-3-2-4-17-20(15)12(9-22-17)7-18(16)25/h2-6,9-10,14,16,18,22,24H,7-8,11H2,1H3,(H2,21,23)/t14-,16?,18+/m0/s1. The summed E-state index contributed by atoms with van der Waals surface area (Å²) in [5.41, 5.74) is 11.0. The van der Waals surface area contributed by atoms with E-state index in [0.717, 1.165) is 25.1 Å². The molecule has 25 heavy (non-hydrogen) atoms. The van der Waals surface area contributed by atoms with Crippen LogP contribution in [0, 0.1) is 0 Å². The van der Waals surface area contributed by atoms with Crippen LogP contribution in [-0.2, 0) is 6.42 Å². The fourth-order valence-corrected chi connectivity index (χ4v) is 4.77. The van der Waals surface area contributed by atoms with Crippen molar-refractivity contribution in [3.63, 3.8) is 0 Å². The Morgan fingerprint density at radius 1 is 1.28 bits per heavy atom. The summed E-state index contributed by atoms with van der Waals surface area (Å²) in [7, 11) is 2.25. The van der Waals surface area contributed by atoms with E-state index in [4.69, 9.17) is 5.73 Å². The Morgan fingerprint density at radius 3 is 3.04 bits per heavy atom. The number of anilines is 2. The Kier molecular flexibility index (Phi) is 3.25. The molecule has 1 aromatic carbocycles. The number of hydrogen-bond acceptors (Lipinski definition) is 4. The summed E-state index contributed by atoms with van der Waals surface area (Å²) in [6.07, 6.45) is 6.30. The van der Waals surface area contributed by atoms with Crippen molar-refractivity contribution in [1.29, 1.82) is 0 Å². The monoisotopic (exact) mass is 333 g/mol. The maximum atomic E-state index is 5.70. The molecule has 3 aromatic rings. The first-order valence-electron chi connectivity index (χ1n) is 8.96. The lowest BCUT2D eigenvalue weighted by Gasteiger charge is -2.45. The van der Waals surface area contributed by atoms with Crippen molar-refractivity contribution in [1.82, 2.24) is 14.9 Å². The fourth-order valence-electron chi connectivity index (χ4n) is 4.77. The summed E-state index contributed by atoms with van der Waals surface area (Å²) >= 11 is 0. The quantitative estimate of drug-likeness (QED) is 0.674. The van der Waals surface area contributed by atoms with Gasteiger partial charge in [0.25, 0.3) is 0 Å². The molecule has 2 aliphatic rings.